The minimum atomic E-state index is -0.392. The van der Waals surface area contributed by atoms with E-state index >= 15 is 0 Å². The Hall–Kier alpha value is -0.0400. The van der Waals surface area contributed by atoms with Gasteiger partial charge in [-0.15, -0.1) is 0 Å². The minimum absolute atomic E-state index is 0.300. The fourth-order valence-corrected chi connectivity index (χ4v) is 5.93. The molecular formula is C18H32O. The standard InChI is InChI=1S/C18H32O/c1-3-4-5-6-7-17(2,19)18-11-14-8-15(12-18)10-16(9-14)13-18/h14-16,19H,3-13H2,1-2H3. The van der Waals surface area contributed by atoms with Gasteiger partial charge in [0.1, 0.15) is 0 Å². The van der Waals surface area contributed by atoms with Crippen LogP contribution in [0.2, 0.25) is 0 Å². The number of unbranched alkanes of at least 4 members (excludes halogenated alkanes) is 3. The third-order valence-electron chi connectivity index (χ3n) is 6.70. The van der Waals surface area contributed by atoms with Crippen molar-refractivity contribution in [3.05, 3.63) is 0 Å². The van der Waals surface area contributed by atoms with Crippen molar-refractivity contribution in [2.75, 3.05) is 0 Å². The minimum Gasteiger partial charge on any atom is -0.390 e. The molecule has 4 rings (SSSR count). The molecule has 0 amide bonds. The van der Waals surface area contributed by atoms with Crippen LogP contribution in [0.1, 0.15) is 84.5 Å². The Morgan fingerprint density at radius 1 is 0.947 bits per heavy atom. The average molecular weight is 264 g/mol. The molecule has 0 aliphatic heterocycles. The lowest BCUT2D eigenvalue weighted by Crippen LogP contribution is -2.57. The van der Waals surface area contributed by atoms with Crippen molar-refractivity contribution < 1.29 is 5.11 Å². The highest BCUT2D eigenvalue weighted by Crippen LogP contribution is 2.64. The number of hydrogen-bond acceptors (Lipinski definition) is 1. The van der Waals surface area contributed by atoms with E-state index in [-0.39, 0.29) is 0 Å². The van der Waals surface area contributed by atoms with Crippen LogP contribution in [0.4, 0.5) is 0 Å². The number of aliphatic hydroxyl groups is 1. The maximum absolute atomic E-state index is 11.2. The Kier molecular flexibility index (Phi) is 3.71. The van der Waals surface area contributed by atoms with Gasteiger partial charge in [-0.25, -0.2) is 0 Å². The summed E-state index contributed by atoms with van der Waals surface area (Å²) >= 11 is 0. The SMILES string of the molecule is CCCCCCC(C)(O)C12CC3CC(CC(C3)C1)C2. The van der Waals surface area contributed by atoms with Gasteiger partial charge in [-0.1, -0.05) is 32.6 Å². The van der Waals surface area contributed by atoms with Crippen LogP contribution in [0.5, 0.6) is 0 Å². The molecule has 1 unspecified atom stereocenters. The number of rotatable bonds is 6. The van der Waals surface area contributed by atoms with Crippen LogP contribution < -0.4 is 0 Å². The van der Waals surface area contributed by atoms with Crippen LogP contribution in [0.3, 0.4) is 0 Å². The summed E-state index contributed by atoms with van der Waals surface area (Å²) in [6, 6.07) is 0. The van der Waals surface area contributed by atoms with E-state index in [1.165, 1.54) is 64.2 Å². The molecular weight excluding hydrogens is 232 g/mol. The molecule has 0 saturated heterocycles. The Morgan fingerprint density at radius 3 is 1.95 bits per heavy atom. The highest BCUT2D eigenvalue weighted by molar-refractivity contribution is 5.08. The van der Waals surface area contributed by atoms with Crippen LogP contribution in [0, 0.1) is 23.2 Å². The quantitative estimate of drug-likeness (QED) is 0.675. The fraction of sp³-hybridized carbons (Fsp3) is 1.00. The van der Waals surface area contributed by atoms with Gasteiger partial charge >= 0.3 is 0 Å². The zero-order valence-corrected chi connectivity index (χ0v) is 13.0. The van der Waals surface area contributed by atoms with Crippen molar-refractivity contribution in [2.24, 2.45) is 23.2 Å². The van der Waals surface area contributed by atoms with Crippen LogP contribution in [0.15, 0.2) is 0 Å². The molecule has 4 aliphatic rings. The molecule has 4 aliphatic carbocycles. The smallest absolute Gasteiger partial charge is 0.0676 e. The van der Waals surface area contributed by atoms with Crippen LogP contribution in [0.25, 0.3) is 0 Å². The molecule has 4 fully saturated rings. The molecule has 0 radical (unpaired) electrons. The highest BCUT2D eigenvalue weighted by Gasteiger charge is 2.57. The molecule has 0 spiro atoms. The summed E-state index contributed by atoms with van der Waals surface area (Å²) in [5.74, 6) is 2.86. The van der Waals surface area contributed by atoms with Gasteiger partial charge in [0.2, 0.25) is 0 Å². The zero-order valence-electron chi connectivity index (χ0n) is 13.0. The van der Waals surface area contributed by atoms with Gasteiger partial charge in [0.15, 0.2) is 0 Å². The van der Waals surface area contributed by atoms with E-state index in [0.29, 0.717) is 5.41 Å². The molecule has 1 heteroatoms. The van der Waals surface area contributed by atoms with Gasteiger partial charge in [-0.05, 0) is 75.0 Å². The van der Waals surface area contributed by atoms with Crippen molar-refractivity contribution >= 4 is 0 Å². The second-order valence-corrected chi connectivity index (χ2v) is 8.28. The summed E-state index contributed by atoms with van der Waals surface area (Å²) in [6.07, 6.45) is 14.6. The first kappa shape index (κ1) is 13.9. The molecule has 0 aromatic rings. The van der Waals surface area contributed by atoms with E-state index in [2.05, 4.69) is 13.8 Å². The molecule has 1 nitrogen and oxygen atoms in total. The van der Waals surface area contributed by atoms with Gasteiger partial charge in [0, 0.05) is 0 Å². The van der Waals surface area contributed by atoms with Gasteiger partial charge in [0.05, 0.1) is 5.60 Å². The molecule has 4 saturated carbocycles. The van der Waals surface area contributed by atoms with E-state index in [4.69, 9.17) is 0 Å². The fourth-order valence-electron chi connectivity index (χ4n) is 5.93. The maximum atomic E-state index is 11.2. The molecule has 1 N–H and O–H groups in total. The first-order valence-corrected chi connectivity index (χ1v) is 8.77. The topological polar surface area (TPSA) is 20.2 Å². The van der Waals surface area contributed by atoms with E-state index < -0.39 is 5.60 Å². The Morgan fingerprint density at radius 2 is 1.47 bits per heavy atom. The second-order valence-electron chi connectivity index (χ2n) is 8.28. The van der Waals surface area contributed by atoms with Gasteiger partial charge in [-0.2, -0.15) is 0 Å². The molecule has 0 heterocycles. The summed E-state index contributed by atoms with van der Waals surface area (Å²) in [7, 11) is 0. The lowest BCUT2D eigenvalue weighted by molar-refractivity contribution is -0.174. The van der Waals surface area contributed by atoms with E-state index in [1.807, 2.05) is 0 Å². The van der Waals surface area contributed by atoms with Crippen molar-refractivity contribution in [3.63, 3.8) is 0 Å². The summed E-state index contributed by atoms with van der Waals surface area (Å²) < 4.78 is 0. The molecule has 1 atom stereocenters. The van der Waals surface area contributed by atoms with Crippen LogP contribution in [-0.2, 0) is 0 Å². The lowest BCUT2D eigenvalue weighted by atomic mass is 9.45. The zero-order chi connectivity index (χ0) is 13.5. The van der Waals surface area contributed by atoms with E-state index in [9.17, 15) is 5.11 Å². The van der Waals surface area contributed by atoms with Gasteiger partial charge in [0.25, 0.3) is 0 Å². The highest BCUT2D eigenvalue weighted by atomic mass is 16.3. The molecule has 4 bridgehead atoms. The van der Waals surface area contributed by atoms with Gasteiger partial charge < -0.3 is 5.11 Å². The largest absolute Gasteiger partial charge is 0.390 e. The number of hydrogen-bond donors (Lipinski definition) is 1. The predicted octanol–water partition coefficient (Wildman–Crippen LogP) is 4.92. The average Bonchev–Trinajstić information content (AvgIpc) is 2.33. The Bertz CT molecular complexity index is 282. The maximum Gasteiger partial charge on any atom is 0.0676 e. The summed E-state index contributed by atoms with van der Waals surface area (Å²) in [5, 5.41) is 11.2. The van der Waals surface area contributed by atoms with E-state index in [1.54, 1.807) is 0 Å². The third kappa shape index (κ3) is 2.48. The monoisotopic (exact) mass is 264 g/mol. The van der Waals surface area contributed by atoms with Crippen LogP contribution in [-0.4, -0.2) is 10.7 Å². The Balaban J connectivity index is 1.66. The first-order valence-electron chi connectivity index (χ1n) is 8.77. The summed E-state index contributed by atoms with van der Waals surface area (Å²) in [5.41, 5.74) is -0.0925. The van der Waals surface area contributed by atoms with E-state index in [0.717, 1.165) is 24.2 Å². The molecule has 110 valence electrons. The first-order chi connectivity index (χ1) is 9.05. The Labute approximate surface area is 119 Å². The normalized spacial score (nSPS) is 43.4. The van der Waals surface area contributed by atoms with Crippen molar-refractivity contribution in [1.29, 1.82) is 0 Å². The van der Waals surface area contributed by atoms with Crippen molar-refractivity contribution in [2.45, 2.75) is 90.1 Å². The summed E-state index contributed by atoms with van der Waals surface area (Å²) in [6.45, 7) is 4.43. The summed E-state index contributed by atoms with van der Waals surface area (Å²) in [4.78, 5) is 0. The van der Waals surface area contributed by atoms with Gasteiger partial charge in [-0.3, -0.25) is 0 Å². The molecule has 19 heavy (non-hydrogen) atoms. The van der Waals surface area contributed by atoms with Crippen LogP contribution >= 0.6 is 0 Å². The second kappa shape index (κ2) is 5.06. The predicted molar refractivity (Wildman–Crippen MR) is 80.0 cm³/mol. The molecule has 0 aromatic carbocycles. The third-order valence-corrected chi connectivity index (χ3v) is 6.70. The van der Waals surface area contributed by atoms with Crippen molar-refractivity contribution in [3.8, 4) is 0 Å². The lowest BCUT2D eigenvalue weighted by Gasteiger charge is -2.61. The molecule has 0 aromatic heterocycles. The van der Waals surface area contributed by atoms with Crippen molar-refractivity contribution in [1.82, 2.24) is 0 Å².